The molecule has 2 aromatic heterocycles. The Kier molecular flexibility index (Phi) is 4.37. The Morgan fingerprint density at radius 2 is 1.81 bits per heavy atom. The van der Waals surface area contributed by atoms with Crippen molar-refractivity contribution in [2.24, 2.45) is 0 Å². The molecule has 0 radical (unpaired) electrons. The maximum Gasteiger partial charge on any atom is 0.276 e. The fourth-order valence-corrected chi connectivity index (χ4v) is 4.55. The maximum atomic E-state index is 13.4. The van der Waals surface area contributed by atoms with E-state index in [2.05, 4.69) is 25.9 Å². The summed E-state index contributed by atoms with van der Waals surface area (Å²) in [5.74, 6) is -0.177. The van der Waals surface area contributed by atoms with Crippen LogP contribution in [-0.2, 0) is 10.5 Å². The molecular formula is C21H24N6O4. The van der Waals surface area contributed by atoms with E-state index in [-0.39, 0.29) is 17.3 Å². The molecule has 0 bridgehead atoms. The number of carbonyl (C=O) groups excluding carboxylic acids is 2. The SMILES string of the molecule is Cc1cc(Nc2cc(NC(=O)C3(O)CC3)ncn2)c(=O)n2c1C(=O)NC21CCCCC1. The van der Waals surface area contributed by atoms with Crippen molar-refractivity contribution in [3.8, 4) is 0 Å². The number of amides is 2. The minimum absolute atomic E-state index is 0.215. The standard InChI is InChI=1S/C21H24N6O4/c1-12-9-13(18(29)27-16(12)17(28)26-21(27)5-3-2-4-6-21)24-14-10-15(23-11-22-14)25-19(30)20(31)7-8-20/h9-11,31H,2-8H2,1H3,(H,26,28)(H2,22,23,24,25,30). The molecule has 5 rings (SSSR count). The summed E-state index contributed by atoms with van der Waals surface area (Å²) in [4.78, 5) is 46.2. The Hall–Kier alpha value is -3.27. The number of pyridine rings is 1. The van der Waals surface area contributed by atoms with Crippen LogP contribution in [0.4, 0.5) is 17.3 Å². The van der Waals surface area contributed by atoms with Crippen LogP contribution in [0.15, 0.2) is 23.3 Å². The molecule has 3 aliphatic rings. The zero-order valence-electron chi connectivity index (χ0n) is 17.2. The number of carbonyl (C=O) groups is 2. The topological polar surface area (TPSA) is 138 Å². The molecule has 31 heavy (non-hydrogen) atoms. The van der Waals surface area contributed by atoms with E-state index >= 15 is 0 Å². The van der Waals surface area contributed by atoms with Crippen LogP contribution in [-0.4, -0.2) is 37.1 Å². The second-order valence-electron chi connectivity index (χ2n) is 8.68. The van der Waals surface area contributed by atoms with Gasteiger partial charge in [0.1, 0.15) is 40.6 Å². The van der Waals surface area contributed by atoms with Crippen molar-refractivity contribution in [3.63, 3.8) is 0 Å². The second-order valence-corrected chi connectivity index (χ2v) is 8.68. The lowest BCUT2D eigenvalue weighted by molar-refractivity contribution is -0.125. The predicted octanol–water partition coefficient (Wildman–Crippen LogP) is 1.51. The summed E-state index contributed by atoms with van der Waals surface area (Å²) in [5.41, 5.74) is -0.889. The van der Waals surface area contributed by atoms with Crippen LogP contribution < -0.4 is 21.5 Å². The third-order valence-corrected chi connectivity index (χ3v) is 6.38. The normalized spacial score (nSPS) is 20.1. The highest BCUT2D eigenvalue weighted by atomic mass is 16.3. The Bertz CT molecular complexity index is 1150. The number of fused-ring (bicyclic) bond motifs is 2. The number of rotatable bonds is 4. The molecule has 1 aliphatic heterocycles. The Morgan fingerprint density at radius 3 is 2.52 bits per heavy atom. The highest BCUT2D eigenvalue weighted by molar-refractivity contribution is 5.99. The molecule has 10 heteroatoms. The summed E-state index contributed by atoms with van der Waals surface area (Å²) in [7, 11) is 0. The van der Waals surface area contributed by atoms with Crippen molar-refractivity contribution in [2.75, 3.05) is 10.6 Å². The van der Waals surface area contributed by atoms with E-state index in [9.17, 15) is 19.5 Å². The molecule has 0 unspecified atom stereocenters. The van der Waals surface area contributed by atoms with Gasteiger partial charge in [-0.1, -0.05) is 6.42 Å². The number of anilines is 3. The predicted molar refractivity (Wildman–Crippen MR) is 112 cm³/mol. The van der Waals surface area contributed by atoms with E-state index in [4.69, 9.17) is 0 Å². The number of aryl methyl sites for hydroxylation is 1. The van der Waals surface area contributed by atoms with Crippen LogP contribution in [0.5, 0.6) is 0 Å². The lowest BCUT2D eigenvalue weighted by Crippen LogP contribution is -2.48. The van der Waals surface area contributed by atoms with Gasteiger partial charge < -0.3 is 21.1 Å². The van der Waals surface area contributed by atoms with Crippen molar-refractivity contribution in [3.05, 3.63) is 40.1 Å². The number of aliphatic hydroxyl groups is 1. The molecule has 0 saturated heterocycles. The van der Waals surface area contributed by atoms with Crippen LogP contribution in [0.3, 0.4) is 0 Å². The summed E-state index contributed by atoms with van der Waals surface area (Å²) in [6.07, 6.45) is 6.55. The number of aromatic nitrogens is 3. The van der Waals surface area contributed by atoms with E-state index < -0.39 is 17.2 Å². The molecule has 0 atom stereocenters. The van der Waals surface area contributed by atoms with E-state index in [1.807, 2.05) is 0 Å². The highest BCUT2D eigenvalue weighted by Gasteiger charge is 2.48. The lowest BCUT2D eigenvalue weighted by Gasteiger charge is -2.35. The van der Waals surface area contributed by atoms with Gasteiger partial charge in [0.15, 0.2) is 0 Å². The van der Waals surface area contributed by atoms with E-state index in [1.165, 1.54) is 12.4 Å². The van der Waals surface area contributed by atoms with Gasteiger partial charge in [0.25, 0.3) is 17.4 Å². The van der Waals surface area contributed by atoms with Gasteiger partial charge in [-0.05, 0) is 57.1 Å². The summed E-state index contributed by atoms with van der Waals surface area (Å²) in [6.45, 7) is 1.81. The maximum absolute atomic E-state index is 13.4. The molecule has 2 aliphatic carbocycles. The molecule has 10 nitrogen and oxygen atoms in total. The number of hydrogen-bond acceptors (Lipinski definition) is 7. The van der Waals surface area contributed by atoms with Crippen LogP contribution in [0.25, 0.3) is 0 Å². The first-order chi connectivity index (χ1) is 14.8. The molecule has 4 N–H and O–H groups in total. The molecule has 0 aromatic carbocycles. The van der Waals surface area contributed by atoms with Crippen molar-refractivity contribution in [1.82, 2.24) is 19.9 Å². The van der Waals surface area contributed by atoms with Crippen LogP contribution in [0.2, 0.25) is 0 Å². The molecule has 2 saturated carbocycles. The van der Waals surface area contributed by atoms with Crippen LogP contribution >= 0.6 is 0 Å². The van der Waals surface area contributed by atoms with Gasteiger partial charge >= 0.3 is 0 Å². The number of hydrogen-bond donors (Lipinski definition) is 4. The first-order valence-corrected chi connectivity index (χ1v) is 10.5. The summed E-state index contributed by atoms with van der Waals surface area (Å²) in [6, 6.07) is 3.14. The average molecular weight is 424 g/mol. The molecule has 3 heterocycles. The second kappa shape index (κ2) is 6.88. The highest BCUT2D eigenvalue weighted by Crippen LogP contribution is 2.38. The smallest absolute Gasteiger partial charge is 0.276 e. The fraction of sp³-hybridized carbons (Fsp3) is 0.476. The molecule has 2 fully saturated rings. The Labute approximate surface area is 178 Å². The molecule has 2 amide bonds. The average Bonchev–Trinajstić information content (AvgIpc) is 3.43. The van der Waals surface area contributed by atoms with Gasteiger partial charge in [0.05, 0.1) is 0 Å². The van der Waals surface area contributed by atoms with Gasteiger partial charge in [0.2, 0.25) is 0 Å². The van der Waals surface area contributed by atoms with Crippen molar-refractivity contribution < 1.29 is 14.7 Å². The van der Waals surface area contributed by atoms with Crippen molar-refractivity contribution in [2.45, 2.75) is 63.1 Å². The molecular weight excluding hydrogens is 400 g/mol. The van der Waals surface area contributed by atoms with E-state index in [1.54, 1.807) is 17.6 Å². The molecule has 2 aromatic rings. The van der Waals surface area contributed by atoms with E-state index in [0.717, 1.165) is 32.1 Å². The van der Waals surface area contributed by atoms with Gasteiger partial charge in [-0.2, -0.15) is 0 Å². The zero-order chi connectivity index (χ0) is 21.8. The minimum Gasteiger partial charge on any atom is -0.380 e. The first-order valence-electron chi connectivity index (χ1n) is 10.5. The third kappa shape index (κ3) is 3.27. The Morgan fingerprint density at radius 1 is 1.10 bits per heavy atom. The zero-order valence-corrected chi connectivity index (χ0v) is 17.2. The first kappa shape index (κ1) is 19.7. The van der Waals surface area contributed by atoms with Crippen molar-refractivity contribution in [1.29, 1.82) is 0 Å². The minimum atomic E-state index is -1.32. The van der Waals surface area contributed by atoms with Gasteiger partial charge in [-0.15, -0.1) is 0 Å². The summed E-state index contributed by atoms with van der Waals surface area (Å²) < 4.78 is 1.61. The fourth-order valence-electron chi connectivity index (χ4n) is 4.55. The summed E-state index contributed by atoms with van der Waals surface area (Å²) >= 11 is 0. The molecule has 1 spiro atoms. The van der Waals surface area contributed by atoms with Gasteiger partial charge in [-0.3, -0.25) is 19.0 Å². The van der Waals surface area contributed by atoms with Crippen molar-refractivity contribution >= 4 is 29.1 Å². The largest absolute Gasteiger partial charge is 0.380 e. The quantitative estimate of drug-likeness (QED) is 0.584. The van der Waals surface area contributed by atoms with Gasteiger partial charge in [-0.25, -0.2) is 9.97 Å². The Balaban J connectivity index is 1.47. The number of nitrogens with one attached hydrogen (secondary N) is 3. The summed E-state index contributed by atoms with van der Waals surface area (Å²) in [5, 5.41) is 18.6. The third-order valence-electron chi connectivity index (χ3n) is 6.38. The molecule has 162 valence electrons. The van der Waals surface area contributed by atoms with Crippen LogP contribution in [0.1, 0.15) is 61.0 Å². The van der Waals surface area contributed by atoms with E-state index in [0.29, 0.717) is 35.6 Å². The van der Waals surface area contributed by atoms with Gasteiger partial charge in [0, 0.05) is 6.07 Å². The number of nitrogens with zero attached hydrogens (tertiary/aromatic N) is 3. The van der Waals surface area contributed by atoms with Crippen LogP contribution in [0, 0.1) is 6.92 Å². The lowest BCUT2D eigenvalue weighted by atomic mass is 9.89. The monoisotopic (exact) mass is 424 g/mol.